The van der Waals surface area contributed by atoms with Crippen molar-refractivity contribution in [2.24, 2.45) is 0 Å². The second-order valence-electron chi connectivity index (χ2n) is 3.89. The third-order valence-electron chi connectivity index (χ3n) is 2.57. The molecule has 0 aliphatic rings. The maximum atomic E-state index is 5.72. The summed E-state index contributed by atoms with van der Waals surface area (Å²) in [6, 6.07) is 5.19. The Morgan fingerprint density at radius 2 is 1.89 bits per heavy atom. The first-order chi connectivity index (χ1) is 8.60. The minimum Gasteiger partial charge on any atom is -0.493 e. The number of hydrogen-bond acceptors (Lipinski definition) is 5. The van der Waals surface area contributed by atoms with Crippen LogP contribution in [0.25, 0.3) is 0 Å². The van der Waals surface area contributed by atoms with Crippen LogP contribution in [0, 0.1) is 13.8 Å². The maximum absolute atomic E-state index is 5.72. The Hall–Kier alpha value is -2.30. The Balaban J connectivity index is 2.33. The van der Waals surface area contributed by atoms with Gasteiger partial charge in [-0.2, -0.15) is 0 Å². The van der Waals surface area contributed by atoms with Gasteiger partial charge in [0.15, 0.2) is 11.5 Å². The standard InChI is InChI=1S/C13H15N3O2/c1-8-9(2)16-13(7-15-8)18-12-6-10(14)4-5-11(12)17-3/h4-7H,14H2,1-3H3. The Kier molecular flexibility index (Phi) is 3.32. The van der Waals surface area contributed by atoms with Crippen molar-refractivity contribution in [1.29, 1.82) is 0 Å². The van der Waals surface area contributed by atoms with E-state index in [1.165, 1.54) is 0 Å². The fourth-order valence-electron chi connectivity index (χ4n) is 1.46. The van der Waals surface area contributed by atoms with Crippen molar-refractivity contribution in [3.8, 4) is 17.4 Å². The number of benzene rings is 1. The van der Waals surface area contributed by atoms with Crippen LogP contribution in [0.1, 0.15) is 11.4 Å². The van der Waals surface area contributed by atoms with E-state index in [2.05, 4.69) is 9.97 Å². The largest absolute Gasteiger partial charge is 0.493 e. The monoisotopic (exact) mass is 245 g/mol. The van der Waals surface area contributed by atoms with Gasteiger partial charge in [0.25, 0.3) is 0 Å². The van der Waals surface area contributed by atoms with E-state index in [0.29, 0.717) is 23.1 Å². The van der Waals surface area contributed by atoms with Crippen molar-refractivity contribution in [3.05, 3.63) is 35.8 Å². The van der Waals surface area contributed by atoms with Gasteiger partial charge in [-0.25, -0.2) is 4.98 Å². The minimum absolute atomic E-state index is 0.419. The maximum Gasteiger partial charge on any atom is 0.238 e. The van der Waals surface area contributed by atoms with Gasteiger partial charge in [0, 0.05) is 11.8 Å². The Labute approximate surface area is 106 Å². The summed E-state index contributed by atoms with van der Waals surface area (Å²) >= 11 is 0. The molecule has 0 spiro atoms. The number of nitrogens with zero attached hydrogens (tertiary/aromatic N) is 2. The van der Waals surface area contributed by atoms with E-state index in [4.69, 9.17) is 15.2 Å². The molecular weight excluding hydrogens is 230 g/mol. The van der Waals surface area contributed by atoms with Crippen LogP contribution >= 0.6 is 0 Å². The lowest BCUT2D eigenvalue weighted by Gasteiger charge is -2.10. The molecule has 5 nitrogen and oxygen atoms in total. The summed E-state index contributed by atoms with van der Waals surface area (Å²) in [6.07, 6.45) is 1.57. The van der Waals surface area contributed by atoms with Crippen LogP contribution in [-0.4, -0.2) is 17.1 Å². The summed E-state index contributed by atoms with van der Waals surface area (Å²) in [5.41, 5.74) is 8.02. The summed E-state index contributed by atoms with van der Waals surface area (Å²) in [7, 11) is 1.57. The molecule has 0 aliphatic heterocycles. The summed E-state index contributed by atoms with van der Waals surface area (Å²) in [4.78, 5) is 8.49. The Morgan fingerprint density at radius 1 is 1.11 bits per heavy atom. The fraction of sp³-hybridized carbons (Fsp3) is 0.231. The summed E-state index contributed by atoms with van der Waals surface area (Å²) in [5, 5.41) is 0. The van der Waals surface area contributed by atoms with Gasteiger partial charge in [-0.3, -0.25) is 4.98 Å². The van der Waals surface area contributed by atoms with Gasteiger partial charge in [-0.15, -0.1) is 0 Å². The first-order valence-corrected chi connectivity index (χ1v) is 5.52. The van der Waals surface area contributed by atoms with Gasteiger partial charge in [0.2, 0.25) is 5.88 Å². The molecule has 0 atom stereocenters. The zero-order valence-corrected chi connectivity index (χ0v) is 10.6. The van der Waals surface area contributed by atoms with E-state index in [9.17, 15) is 0 Å². The van der Waals surface area contributed by atoms with Crippen LogP contribution in [0.3, 0.4) is 0 Å². The van der Waals surface area contributed by atoms with Gasteiger partial charge in [0.05, 0.1) is 24.7 Å². The van der Waals surface area contributed by atoms with Crippen LogP contribution in [0.4, 0.5) is 5.69 Å². The third kappa shape index (κ3) is 2.51. The van der Waals surface area contributed by atoms with E-state index in [1.54, 1.807) is 31.5 Å². The average molecular weight is 245 g/mol. The molecule has 0 radical (unpaired) electrons. The van der Waals surface area contributed by atoms with Crippen LogP contribution in [0.15, 0.2) is 24.4 Å². The van der Waals surface area contributed by atoms with Gasteiger partial charge in [0.1, 0.15) is 0 Å². The smallest absolute Gasteiger partial charge is 0.238 e. The predicted molar refractivity (Wildman–Crippen MR) is 69.0 cm³/mol. The second kappa shape index (κ2) is 4.91. The molecule has 1 aromatic carbocycles. The lowest BCUT2D eigenvalue weighted by molar-refractivity contribution is 0.373. The molecule has 94 valence electrons. The molecule has 18 heavy (non-hydrogen) atoms. The fourth-order valence-corrected chi connectivity index (χ4v) is 1.46. The topological polar surface area (TPSA) is 70.3 Å². The van der Waals surface area contributed by atoms with Crippen molar-refractivity contribution < 1.29 is 9.47 Å². The van der Waals surface area contributed by atoms with E-state index in [-0.39, 0.29) is 0 Å². The summed E-state index contributed by atoms with van der Waals surface area (Å²) < 4.78 is 10.8. The first kappa shape index (κ1) is 12.2. The number of methoxy groups -OCH3 is 1. The zero-order valence-electron chi connectivity index (χ0n) is 10.6. The molecule has 0 saturated carbocycles. The lowest BCUT2D eigenvalue weighted by atomic mass is 10.3. The molecule has 1 aromatic heterocycles. The molecule has 0 fully saturated rings. The number of rotatable bonds is 3. The van der Waals surface area contributed by atoms with Gasteiger partial charge >= 0.3 is 0 Å². The number of ether oxygens (including phenoxy) is 2. The lowest BCUT2D eigenvalue weighted by Crippen LogP contribution is -1.97. The van der Waals surface area contributed by atoms with Crippen LogP contribution in [0.2, 0.25) is 0 Å². The number of hydrogen-bond donors (Lipinski definition) is 1. The number of aryl methyl sites for hydroxylation is 2. The Bertz CT molecular complexity index is 570. The summed E-state index contributed by atoms with van der Waals surface area (Å²) in [6.45, 7) is 3.78. The van der Waals surface area contributed by atoms with Crippen molar-refractivity contribution in [1.82, 2.24) is 9.97 Å². The second-order valence-corrected chi connectivity index (χ2v) is 3.89. The van der Waals surface area contributed by atoms with Crippen LogP contribution in [0.5, 0.6) is 17.4 Å². The average Bonchev–Trinajstić information content (AvgIpc) is 2.34. The van der Waals surface area contributed by atoms with E-state index in [1.807, 2.05) is 13.8 Å². The number of nitrogens with two attached hydrogens (primary N) is 1. The van der Waals surface area contributed by atoms with Crippen LogP contribution < -0.4 is 15.2 Å². The quantitative estimate of drug-likeness (QED) is 0.841. The predicted octanol–water partition coefficient (Wildman–Crippen LogP) is 2.48. The zero-order chi connectivity index (χ0) is 13.1. The molecule has 5 heteroatoms. The van der Waals surface area contributed by atoms with Gasteiger partial charge in [-0.1, -0.05) is 0 Å². The highest BCUT2D eigenvalue weighted by atomic mass is 16.5. The summed E-state index contributed by atoms with van der Waals surface area (Å²) in [5.74, 6) is 1.54. The molecule has 2 aromatic rings. The number of aromatic nitrogens is 2. The van der Waals surface area contributed by atoms with Gasteiger partial charge < -0.3 is 15.2 Å². The van der Waals surface area contributed by atoms with Crippen molar-refractivity contribution >= 4 is 5.69 Å². The molecule has 2 N–H and O–H groups in total. The molecule has 1 heterocycles. The first-order valence-electron chi connectivity index (χ1n) is 5.52. The molecule has 0 unspecified atom stereocenters. The van der Waals surface area contributed by atoms with Crippen molar-refractivity contribution in [2.75, 3.05) is 12.8 Å². The van der Waals surface area contributed by atoms with Gasteiger partial charge in [-0.05, 0) is 26.0 Å². The molecule has 0 aliphatic carbocycles. The normalized spacial score (nSPS) is 10.2. The number of nitrogen functional groups attached to an aromatic ring is 1. The molecule has 0 amide bonds. The number of anilines is 1. The van der Waals surface area contributed by atoms with Crippen molar-refractivity contribution in [3.63, 3.8) is 0 Å². The van der Waals surface area contributed by atoms with E-state index < -0.39 is 0 Å². The minimum atomic E-state index is 0.419. The molecule has 0 saturated heterocycles. The molecule has 0 bridgehead atoms. The SMILES string of the molecule is COc1ccc(N)cc1Oc1cnc(C)c(C)n1. The highest BCUT2D eigenvalue weighted by Gasteiger charge is 2.08. The van der Waals surface area contributed by atoms with Crippen molar-refractivity contribution in [2.45, 2.75) is 13.8 Å². The van der Waals surface area contributed by atoms with Crippen LogP contribution in [-0.2, 0) is 0 Å². The Morgan fingerprint density at radius 3 is 2.56 bits per heavy atom. The van der Waals surface area contributed by atoms with E-state index in [0.717, 1.165) is 11.4 Å². The van der Waals surface area contributed by atoms with E-state index >= 15 is 0 Å². The third-order valence-corrected chi connectivity index (χ3v) is 2.57. The molecular formula is C13H15N3O2. The highest BCUT2D eigenvalue weighted by Crippen LogP contribution is 2.32. The molecule has 2 rings (SSSR count). The highest BCUT2D eigenvalue weighted by molar-refractivity contribution is 5.52.